The normalized spacial score (nSPS) is 13.1. The summed E-state index contributed by atoms with van der Waals surface area (Å²) < 4.78 is 1.83. The zero-order valence-electron chi connectivity index (χ0n) is 10.6. The first kappa shape index (κ1) is 11.6. The lowest BCUT2D eigenvalue weighted by Gasteiger charge is -2.06. The van der Waals surface area contributed by atoms with Gasteiger partial charge in [0, 0.05) is 6.21 Å². The Morgan fingerprint density at radius 2 is 1.79 bits per heavy atom. The molecule has 0 spiro atoms. The molecule has 0 saturated carbocycles. The maximum atomic E-state index is 4.52. The van der Waals surface area contributed by atoms with Crippen LogP contribution in [0.5, 0.6) is 0 Å². The van der Waals surface area contributed by atoms with E-state index in [9.17, 15) is 0 Å². The fraction of sp³-hybridized carbons (Fsp3) is 0.133. The highest BCUT2D eigenvalue weighted by molar-refractivity contribution is 5.79. The fourth-order valence-corrected chi connectivity index (χ4v) is 1.96. The highest BCUT2D eigenvalue weighted by Crippen LogP contribution is 2.15. The van der Waals surface area contributed by atoms with Crippen molar-refractivity contribution in [2.75, 3.05) is 0 Å². The van der Waals surface area contributed by atoms with Crippen LogP contribution in [0.3, 0.4) is 0 Å². The SMILES string of the molecule is CC(/N=C/c1ccccc1)n1nnc2ccccc21. The molecule has 0 amide bonds. The molecule has 2 aromatic carbocycles. The summed E-state index contributed by atoms with van der Waals surface area (Å²) in [7, 11) is 0. The summed E-state index contributed by atoms with van der Waals surface area (Å²) in [5.41, 5.74) is 2.98. The topological polar surface area (TPSA) is 43.1 Å². The van der Waals surface area contributed by atoms with Crippen LogP contribution in [0.15, 0.2) is 59.6 Å². The van der Waals surface area contributed by atoms with Gasteiger partial charge in [0.05, 0.1) is 5.52 Å². The molecule has 94 valence electrons. The van der Waals surface area contributed by atoms with E-state index in [0.29, 0.717) is 0 Å². The van der Waals surface area contributed by atoms with Crippen LogP contribution in [-0.4, -0.2) is 21.2 Å². The number of aromatic nitrogens is 3. The van der Waals surface area contributed by atoms with Gasteiger partial charge >= 0.3 is 0 Å². The van der Waals surface area contributed by atoms with Crippen LogP contribution < -0.4 is 0 Å². The Labute approximate surface area is 111 Å². The molecule has 1 atom stereocenters. The first-order valence-electron chi connectivity index (χ1n) is 6.23. The molecule has 0 aliphatic rings. The Balaban J connectivity index is 1.88. The molecule has 4 heteroatoms. The van der Waals surface area contributed by atoms with Crippen LogP contribution in [-0.2, 0) is 0 Å². The van der Waals surface area contributed by atoms with E-state index in [2.05, 4.69) is 15.3 Å². The monoisotopic (exact) mass is 250 g/mol. The van der Waals surface area contributed by atoms with Crippen molar-refractivity contribution in [1.82, 2.24) is 15.0 Å². The van der Waals surface area contributed by atoms with Gasteiger partial charge in [-0.25, -0.2) is 4.68 Å². The standard InChI is InChI=1S/C15H14N4/c1-12(16-11-13-7-3-2-4-8-13)19-15-10-6-5-9-14(15)17-18-19/h2-12H,1H3/b16-11+. The third-order valence-electron chi connectivity index (χ3n) is 2.97. The second-order valence-electron chi connectivity index (χ2n) is 4.34. The second-order valence-corrected chi connectivity index (χ2v) is 4.34. The summed E-state index contributed by atoms with van der Waals surface area (Å²) >= 11 is 0. The van der Waals surface area contributed by atoms with Gasteiger partial charge in [0.25, 0.3) is 0 Å². The minimum absolute atomic E-state index is 0.0763. The molecule has 1 aromatic heterocycles. The third kappa shape index (κ3) is 2.38. The van der Waals surface area contributed by atoms with Crippen LogP contribution in [0.25, 0.3) is 11.0 Å². The van der Waals surface area contributed by atoms with Crippen molar-refractivity contribution >= 4 is 17.2 Å². The van der Waals surface area contributed by atoms with Crippen molar-refractivity contribution in [3.8, 4) is 0 Å². The van der Waals surface area contributed by atoms with E-state index < -0.39 is 0 Å². The van der Waals surface area contributed by atoms with Gasteiger partial charge < -0.3 is 0 Å². The molecule has 3 rings (SSSR count). The molecule has 1 unspecified atom stereocenters. The van der Waals surface area contributed by atoms with E-state index in [4.69, 9.17) is 0 Å². The van der Waals surface area contributed by atoms with E-state index in [1.807, 2.05) is 72.4 Å². The molecule has 19 heavy (non-hydrogen) atoms. The molecule has 0 aliphatic heterocycles. The number of para-hydroxylation sites is 1. The van der Waals surface area contributed by atoms with Crippen molar-refractivity contribution < 1.29 is 0 Å². The van der Waals surface area contributed by atoms with Crippen molar-refractivity contribution in [3.05, 3.63) is 60.2 Å². The first-order valence-corrected chi connectivity index (χ1v) is 6.23. The van der Waals surface area contributed by atoms with Crippen LogP contribution in [0, 0.1) is 0 Å². The van der Waals surface area contributed by atoms with E-state index in [0.717, 1.165) is 16.6 Å². The minimum Gasteiger partial charge on any atom is -0.266 e. The maximum Gasteiger partial charge on any atom is 0.141 e. The van der Waals surface area contributed by atoms with Gasteiger partial charge in [-0.1, -0.05) is 47.7 Å². The quantitative estimate of drug-likeness (QED) is 0.670. The van der Waals surface area contributed by atoms with Crippen molar-refractivity contribution in [3.63, 3.8) is 0 Å². The third-order valence-corrected chi connectivity index (χ3v) is 2.97. The molecule has 4 nitrogen and oxygen atoms in total. The predicted molar refractivity (Wildman–Crippen MR) is 76.3 cm³/mol. The molecule has 0 saturated heterocycles. The summed E-state index contributed by atoms with van der Waals surface area (Å²) in [6.45, 7) is 2.00. The van der Waals surface area contributed by atoms with Crippen molar-refractivity contribution in [2.24, 2.45) is 4.99 Å². The van der Waals surface area contributed by atoms with Gasteiger partial charge in [-0.3, -0.25) is 4.99 Å². The first-order chi connectivity index (χ1) is 9.34. The van der Waals surface area contributed by atoms with Crippen LogP contribution >= 0.6 is 0 Å². The number of benzene rings is 2. The van der Waals surface area contributed by atoms with Gasteiger partial charge in [0.2, 0.25) is 0 Å². The molecular weight excluding hydrogens is 236 g/mol. The zero-order valence-corrected chi connectivity index (χ0v) is 10.6. The van der Waals surface area contributed by atoms with Crippen molar-refractivity contribution in [1.29, 1.82) is 0 Å². The van der Waals surface area contributed by atoms with Crippen molar-refractivity contribution in [2.45, 2.75) is 13.1 Å². The maximum absolute atomic E-state index is 4.52. The van der Waals surface area contributed by atoms with Gasteiger partial charge in [-0.05, 0) is 24.6 Å². The predicted octanol–water partition coefficient (Wildman–Crippen LogP) is 3.07. The molecule has 1 heterocycles. The number of rotatable bonds is 3. The summed E-state index contributed by atoms with van der Waals surface area (Å²) in [6, 6.07) is 17.9. The average molecular weight is 250 g/mol. The van der Waals surface area contributed by atoms with Gasteiger partial charge in [0.15, 0.2) is 0 Å². The molecule has 0 N–H and O–H groups in total. The van der Waals surface area contributed by atoms with Crippen LogP contribution in [0.1, 0.15) is 18.7 Å². The summed E-state index contributed by atoms with van der Waals surface area (Å²) in [5, 5.41) is 8.29. The number of hydrogen-bond acceptors (Lipinski definition) is 3. The molecule has 0 radical (unpaired) electrons. The molecule has 0 fully saturated rings. The zero-order chi connectivity index (χ0) is 13.1. The molecular formula is C15H14N4. The second kappa shape index (κ2) is 5.02. The lowest BCUT2D eigenvalue weighted by molar-refractivity contribution is 0.512. The summed E-state index contributed by atoms with van der Waals surface area (Å²) in [4.78, 5) is 4.52. The van der Waals surface area contributed by atoms with Crippen LogP contribution in [0.2, 0.25) is 0 Å². The Hall–Kier alpha value is -2.49. The van der Waals surface area contributed by atoms with E-state index in [1.54, 1.807) is 0 Å². The number of nitrogens with zero attached hydrogens (tertiary/aromatic N) is 4. The number of hydrogen-bond donors (Lipinski definition) is 0. The summed E-state index contributed by atoms with van der Waals surface area (Å²) in [6.07, 6.45) is 1.79. The fourth-order valence-electron chi connectivity index (χ4n) is 1.96. The Morgan fingerprint density at radius 3 is 2.63 bits per heavy atom. The number of aliphatic imine (C=N–C) groups is 1. The smallest absolute Gasteiger partial charge is 0.141 e. The lowest BCUT2D eigenvalue weighted by atomic mass is 10.2. The van der Waals surface area contributed by atoms with Gasteiger partial charge in [-0.2, -0.15) is 0 Å². The highest BCUT2D eigenvalue weighted by Gasteiger charge is 2.08. The highest BCUT2D eigenvalue weighted by atomic mass is 15.5. The minimum atomic E-state index is -0.0763. The largest absolute Gasteiger partial charge is 0.266 e. The number of fused-ring (bicyclic) bond motifs is 1. The van der Waals surface area contributed by atoms with Gasteiger partial charge in [-0.15, -0.1) is 5.10 Å². The Bertz CT molecular complexity index is 700. The van der Waals surface area contributed by atoms with E-state index >= 15 is 0 Å². The Morgan fingerprint density at radius 1 is 1.05 bits per heavy atom. The summed E-state index contributed by atoms with van der Waals surface area (Å²) in [5.74, 6) is 0. The average Bonchev–Trinajstić information content (AvgIpc) is 2.90. The van der Waals surface area contributed by atoms with Crippen LogP contribution in [0.4, 0.5) is 0 Å². The molecule has 0 aliphatic carbocycles. The Kier molecular flexibility index (Phi) is 3.06. The van der Waals surface area contributed by atoms with E-state index in [-0.39, 0.29) is 6.17 Å². The van der Waals surface area contributed by atoms with E-state index in [1.165, 1.54) is 0 Å². The lowest BCUT2D eigenvalue weighted by Crippen LogP contribution is -2.05. The molecule has 0 bridgehead atoms. The molecule has 3 aromatic rings. The van der Waals surface area contributed by atoms with Gasteiger partial charge in [0.1, 0.15) is 11.7 Å².